The molecule has 0 aromatic heterocycles. The summed E-state index contributed by atoms with van der Waals surface area (Å²) in [6.07, 6.45) is 1.13. The van der Waals surface area contributed by atoms with Crippen molar-refractivity contribution in [2.75, 3.05) is 19.8 Å². The lowest BCUT2D eigenvalue weighted by molar-refractivity contribution is -0.137. The Morgan fingerprint density at radius 1 is 1.03 bits per heavy atom. The molecule has 1 fully saturated rings. The molecule has 2 atom stereocenters. The summed E-state index contributed by atoms with van der Waals surface area (Å²) in [6.45, 7) is 6.47. The normalized spacial score (nSPS) is 18.7. The molecule has 182 valence electrons. The molecule has 3 aromatic rings. The Morgan fingerprint density at radius 3 is 2.60 bits per heavy atom. The molecule has 0 radical (unpaired) electrons. The molecule has 0 unspecified atom stereocenters. The molecule has 0 amide bonds. The molecule has 2 aliphatic rings. The Morgan fingerprint density at radius 2 is 1.86 bits per heavy atom. The highest BCUT2D eigenvalue weighted by Gasteiger charge is 2.26. The number of carbonyl (C=O) groups is 1. The van der Waals surface area contributed by atoms with Gasteiger partial charge in [-0.1, -0.05) is 24.3 Å². The van der Waals surface area contributed by atoms with Gasteiger partial charge in [0.15, 0.2) is 0 Å². The van der Waals surface area contributed by atoms with Crippen LogP contribution >= 0.6 is 0 Å². The fourth-order valence-corrected chi connectivity index (χ4v) is 4.96. The molecule has 5 rings (SSSR count). The van der Waals surface area contributed by atoms with Crippen LogP contribution in [0.4, 0.5) is 0 Å². The largest absolute Gasteiger partial charge is 0.492 e. The minimum absolute atomic E-state index is 0.0704. The number of aliphatic carboxylic acids is 1. The van der Waals surface area contributed by atoms with Crippen LogP contribution in [0.1, 0.15) is 41.0 Å². The number of ether oxygens (including phenoxy) is 4. The first-order chi connectivity index (χ1) is 17.0. The maximum Gasteiger partial charge on any atom is 0.304 e. The molecule has 1 N–H and O–H groups in total. The van der Waals surface area contributed by atoms with E-state index in [4.69, 9.17) is 24.1 Å². The number of aryl methyl sites for hydroxylation is 2. The van der Waals surface area contributed by atoms with Crippen LogP contribution in [-0.4, -0.2) is 37.0 Å². The Kier molecular flexibility index (Phi) is 6.64. The first-order valence-corrected chi connectivity index (χ1v) is 12.0. The van der Waals surface area contributed by atoms with Crippen molar-refractivity contribution in [2.45, 2.75) is 45.3 Å². The maximum atomic E-state index is 11.1. The van der Waals surface area contributed by atoms with Gasteiger partial charge < -0.3 is 24.1 Å². The number of fused-ring (bicyclic) bond motifs is 1. The Balaban J connectivity index is 1.28. The standard InChI is InChI=1S/C29H30O6/c1-18-10-25(35-24-8-9-32-17-24)11-19(2)29(18)21-5-3-4-20(12-21)15-33-23-6-7-26-22(13-28(30)31)16-34-27(26)14-23/h3-7,10-12,14,22,24H,8-9,13,15-17H2,1-2H3,(H,30,31)/t22-,24+/m1/s1. The molecule has 2 aliphatic heterocycles. The van der Waals surface area contributed by atoms with Crippen molar-refractivity contribution in [1.82, 2.24) is 0 Å². The SMILES string of the molecule is Cc1cc(O[C@H]2CCOC2)cc(C)c1-c1cccc(COc2ccc3c(c2)OC[C@H]3CC(=O)O)c1. The van der Waals surface area contributed by atoms with E-state index in [-0.39, 0.29) is 18.4 Å². The fraction of sp³-hybridized carbons (Fsp3) is 0.345. The van der Waals surface area contributed by atoms with Crippen molar-refractivity contribution in [3.05, 3.63) is 76.9 Å². The van der Waals surface area contributed by atoms with Crippen molar-refractivity contribution in [2.24, 2.45) is 0 Å². The van der Waals surface area contributed by atoms with Crippen molar-refractivity contribution >= 4 is 5.97 Å². The Hall–Kier alpha value is -3.51. The second-order valence-electron chi connectivity index (χ2n) is 9.33. The van der Waals surface area contributed by atoms with Gasteiger partial charge in [0.2, 0.25) is 0 Å². The van der Waals surface area contributed by atoms with Gasteiger partial charge in [-0.3, -0.25) is 4.79 Å². The van der Waals surface area contributed by atoms with Gasteiger partial charge in [-0.15, -0.1) is 0 Å². The highest BCUT2D eigenvalue weighted by atomic mass is 16.5. The second kappa shape index (κ2) is 10.0. The number of carboxylic acid groups (broad SMARTS) is 1. The number of carboxylic acids is 1. The molecule has 0 saturated carbocycles. The molecule has 0 bridgehead atoms. The van der Waals surface area contributed by atoms with Crippen LogP contribution < -0.4 is 14.2 Å². The Bertz CT molecular complexity index is 1200. The molecule has 1 saturated heterocycles. The summed E-state index contributed by atoms with van der Waals surface area (Å²) >= 11 is 0. The molecule has 3 aromatic carbocycles. The molecule has 6 heteroatoms. The number of rotatable bonds is 8. The van der Waals surface area contributed by atoms with E-state index in [0.29, 0.717) is 31.3 Å². The predicted molar refractivity (Wildman–Crippen MR) is 132 cm³/mol. The van der Waals surface area contributed by atoms with Gasteiger partial charge in [0.1, 0.15) is 30.0 Å². The molecule has 0 spiro atoms. The summed E-state index contributed by atoms with van der Waals surface area (Å²) < 4.78 is 23.3. The first-order valence-electron chi connectivity index (χ1n) is 12.0. The lowest BCUT2D eigenvalue weighted by atomic mass is 9.94. The van der Waals surface area contributed by atoms with Gasteiger partial charge >= 0.3 is 5.97 Å². The van der Waals surface area contributed by atoms with Crippen LogP contribution in [0.2, 0.25) is 0 Å². The number of benzene rings is 3. The van der Waals surface area contributed by atoms with E-state index >= 15 is 0 Å². The topological polar surface area (TPSA) is 74.2 Å². The molecular weight excluding hydrogens is 444 g/mol. The number of hydrogen-bond acceptors (Lipinski definition) is 5. The third-order valence-electron chi connectivity index (χ3n) is 6.60. The van der Waals surface area contributed by atoms with Crippen molar-refractivity contribution in [1.29, 1.82) is 0 Å². The molecule has 2 heterocycles. The van der Waals surface area contributed by atoms with E-state index in [1.54, 1.807) is 0 Å². The van der Waals surface area contributed by atoms with Crippen LogP contribution in [0.15, 0.2) is 54.6 Å². The molecule has 6 nitrogen and oxygen atoms in total. The maximum absolute atomic E-state index is 11.1. The third-order valence-corrected chi connectivity index (χ3v) is 6.60. The quantitative estimate of drug-likeness (QED) is 0.454. The van der Waals surface area contributed by atoms with Gasteiger partial charge in [0, 0.05) is 24.0 Å². The zero-order valence-electron chi connectivity index (χ0n) is 20.1. The second-order valence-corrected chi connectivity index (χ2v) is 9.33. The lowest BCUT2D eigenvalue weighted by Crippen LogP contribution is -2.15. The highest BCUT2D eigenvalue weighted by molar-refractivity contribution is 5.72. The summed E-state index contributed by atoms with van der Waals surface area (Å²) in [7, 11) is 0. The summed E-state index contributed by atoms with van der Waals surface area (Å²) in [5.74, 6) is 1.38. The van der Waals surface area contributed by atoms with Crippen molar-refractivity contribution in [3.8, 4) is 28.4 Å². The highest BCUT2D eigenvalue weighted by Crippen LogP contribution is 2.38. The first kappa shape index (κ1) is 23.2. The van der Waals surface area contributed by atoms with Gasteiger partial charge in [-0.25, -0.2) is 0 Å². The van der Waals surface area contributed by atoms with Gasteiger partial charge in [-0.05, 0) is 65.9 Å². The van der Waals surface area contributed by atoms with E-state index in [1.807, 2.05) is 18.2 Å². The smallest absolute Gasteiger partial charge is 0.304 e. The molecule has 0 aliphatic carbocycles. The van der Waals surface area contributed by atoms with E-state index in [0.717, 1.165) is 35.5 Å². The monoisotopic (exact) mass is 474 g/mol. The van der Waals surface area contributed by atoms with E-state index in [2.05, 4.69) is 50.2 Å². The lowest BCUT2D eigenvalue weighted by Gasteiger charge is -2.17. The van der Waals surface area contributed by atoms with E-state index in [9.17, 15) is 4.79 Å². The average Bonchev–Trinajstić information content (AvgIpc) is 3.47. The third kappa shape index (κ3) is 5.28. The average molecular weight is 475 g/mol. The predicted octanol–water partition coefficient (Wildman–Crippen LogP) is 5.67. The van der Waals surface area contributed by atoms with Crippen molar-refractivity contribution < 1.29 is 28.8 Å². The van der Waals surface area contributed by atoms with Gasteiger partial charge in [0.25, 0.3) is 0 Å². The summed E-state index contributed by atoms with van der Waals surface area (Å²) in [6, 6.07) is 18.2. The van der Waals surface area contributed by atoms with Crippen LogP contribution in [0.3, 0.4) is 0 Å². The summed E-state index contributed by atoms with van der Waals surface area (Å²) in [5.41, 5.74) is 6.69. The van der Waals surface area contributed by atoms with Crippen molar-refractivity contribution in [3.63, 3.8) is 0 Å². The van der Waals surface area contributed by atoms with Crippen LogP contribution in [0.5, 0.6) is 17.2 Å². The number of hydrogen-bond donors (Lipinski definition) is 1. The minimum atomic E-state index is -0.817. The van der Waals surface area contributed by atoms with Crippen LogP contribution in [0, 0.1) is 13.8 Å². The minimum Gasteiger partial charge on any atom is -0.492 e. The summed E-state index contributed by atoms with van der Waals surface area (Å²) in [5, 5.41) is 9.08. The Labute approximate surface area is 205 Å². The zero-order chi connectivity index (χ0) is 24.4. The van der Waals surface area contributed by atoms with E-state index < -0.39 is 5.97 Å². The van der Waals surface area contributed by atoms with Crippen LogP contribution in [0.25, 0.3) is 11.1 Å². The van der Waals surface area contributed by atoms with Gasteiger partial charge in [0.05, 0.1) is 26.2 Å². The zero-order valence-corrected chi connectivity index (χ0v) is 20.1. The van der Waals surface area contributed by atoms with Crippen LogP contribution in [-0.2, 0) is 16.1 Å². The molecule has 35 heavy (non-hydrogen) atoms. The summed E-state index contributed by atoms with van der Waals surface area (Å²) in [4.78, 5) is 11.1. The van der Waals surface area contributed by atoms with Gasteiger partial charge in [-0.2, -0.15) is 0 Å². The van der Waals surface area contributed by atoms with E-state index in [1.165, 1.54) is 16.7 Å². The fourth-order valence-electron chi connectivity index (χ4n) is 4.96. The molecular formula is C29H30O6.